The molecule has 0 radical (unpaired) electrons. The zero-order valence-corrected chi connectivity index (χ0v) is 13.1. The Bertz CT molecular complexity index is 681. The molecule has 1 aliphatic rings. The van der Waals surface area contributed by atoms with Crippen LogP contribution in [0.4, 0.5) is 5.69 Å². The maximum atomic E-state index is 12.9. The smallest absolute Gasteiger partial charge is 0.268 e. The minimum absolute atomic E-state index is 0.0516. The summed E-state index contributed by atoms with van der Waals surface area (Å²) in [6.07, 6.45) is 1.14. The highest BCUT2D eigenvalue weighted by Gasteiger charge is 2.30. The number of para-hydroxylation sites is 2. The van der Waals surface area contributed by atoms with E-state index in [4.69, 9.17) is 4.74 Å². The molecule has 0 unspecified atom stereocenters. The van der Waals surface area contributed by atoms with Crippen LogP contribution in [0.25, 0.3) is 0 Å². The van der Waals surface area contributed by atoms with Crippen molar-refractivity contribution in [3.05, 3.63) is 59.7 Å². The zero-order valence-electron chi connectivity index (χ0n) is 13.1. The van der Waals surface area contributed by atoms with Crippen LogP contribution in [0, 0.1) is 6.92 Å². The van der Waals surface area contributed by atoms with E-state index in [2.05, 4.69) is 6.07 Å². The second-order valence-corrected chi connectivity index (χ2v) is 5.65. The van der Waals surface area contributed by atoms with Crippen LogP contribution in [0.15, 0.2) is 48.5 Å². The van der Waals surface area contributed by atoms with E-state index in [0.717, 1.165) is 30.0 Å². The summed E-state index contributed by atoms with van der Waals surface area (Å²) in [5, 5.41) is 0. The van der Waals surface area contributed by atoms with Crippen LogP contribution in [0.1, 0.15) is 24.5 Å². The van der Waals surface area contributed by atoms with E-state index >= 15 is 0 Å². The summed E-state index contributed by atoms with van der Waals surface area (Å²) >= 11 is 0. The largest absolute Gasteiger partial charge is 0.480 e. The Labute approximate surface area is 131 Å². The van der Waals surface area contributed by atoms with E-state index in [-0.39, 0.29) is 5.91 Å². The van der Waals surface area contributed by atoms with Crippen LogP contribution in [-0.4, -0.2) is 18.6 Å². The van der Waals surface area contributed by atoms with E-state index < -0.39 is 6.10 Å². The molecule has 0 spiro atoms. The Morgan fingerprint density at radius 3 is 2.68 bits per heavy atom. The topological polar surface area (TPSA) is 29.5 Å². The summed E-state index contributed by atoms with van der Waals surface area (Å²) in [6, 6.07) is 15.9. The summed E-state index contributed by atoms with van der Waals surface area (Å²) in [5.74, 6) is 0.839. The summed E-state index contributed by atoms with van der Waals surface area (Å²) in [6.45, 7) is 4.73. The second kappa shape index (κ2) is 6.22. The normalized spacial score (nSPS) is 14.5. The average molecular weight is 295 g/mol. The lowest BCUT2D eigenvalue weighted by molar-refractivity contribution is -0.125. The number of amides is 1. The minimum atomic E-state index is -0.438. The number of fused-ring (bicyclic) bond motifs is 1. The first-order valence-electron chi connectivity index (χ1n) is 7.82. The maximum absolute atomic E-state index is 12.9. The van der Waals surface area contributed by atoms with Crippen LogP contribution in [0.2, 0.25) is 0 Å². The summed E-state index contributed by atoms with van der Waals surface area (Å²) < 4.78 is 5.99. The fourth-order valence-corrected chi connectivity index (χ4v) is 2.89. The van der Waals surface area contributed by atoms with Crippen molar-refractivity contribution in [3.8, 4) is 5.75 Å². The molecule has 1 aliphatic heterocycles. The molecule has 2 aromatic rings. The van der Waals surface area contributed by atoms with Gasteiger partial charge in [0, 0.05) is 12.2 Å². The molecule has 0 bridgehead atoms. The maximum Gasteiger partial charge on any atom is 0.268 e. The number of nitrogens with zero attached hydrogens (tertiary/aromatic N) is 1. The lowest BCUT2D eigenvalue weighted by Crippen LogP contribution is -2.41. The average Bonchev–Trinajstić information content (AvgIpc) is 2.97. The van der Waals surface area contributed by atoms with Gasteiger partial charge in [-0.1, -0.05) is 43.3 Å². The van der Waals surface area contributed by atoms with Gasteiger partial charge in [0.1, 0.15) is 5.75 Å². The lowest BCUT2D eigenvalue weighted by Gasteiger charge is -2.24. The van der Waals surface area contributed by atoms with Crippen molar-refractivity contribution in [2.45, 2.75) is 32.8 Å². The fourth-order valence-electron chi connectivity index (χ4n) is 2.89. The SMILES string of the molecule is CC[C@@H](Oc1ccccc1C)C(=O)N1CCc2ccccc21. The van der Waals surface area contributed by atoms with Gasteiger partial charge in [0.25, 0.3) is 5.91 Å². The number of ether oxygens (including phenoxy) is 1. The van der Waals surface area contributed by atoms with Gasteiger partial charge in [-0.05, 0) is 43.0 Å². The molecular formula is C19H21NO2. The molecule has 0 saturated heterocycles. The van der Waals surface area contributed by atoms with Gasteiger partial charge < -0.3 is 9.64 Å². The molecule has 2 aromatic carbocycles. The molecule has 0 aromatic heterocycles. The number of aryl methyl sites for hydroxylation is 1. The predicted octanol–water partition coefficient (Wildman–Crippen LogP) is 3.74. The van der Waals surface area contributed by atoms with Crippen LogP contribution >= 0.6 is 0 Å². The highest BCUT2D eigenvalue weighted by Crippen LogP contribution is 2.29. The van der Waals surface area contributed by atoms with Crippen molar-refractivity contribution >= 4 is 11.6 Å². The van der Waals surface area contributed by atoms with E-state index in [0.29, 0.717) is 6.42 Å². The number of anilines is 1. The molecule has 1 heterocycles. The van der Waals surface area contributed by atoms with Gasteiger partial charge in [0.2, 0.25) is 0 Å². The predicted molar refractivity (Wildman–Crippen MR) is 88.4 cm³/mol. The standard InChI is InChI=1S/C19H21NO2/c1-3-17(22-18-11-7-4-8-14(18)2)19(21)20-13-12-15-9-5-6-10-16(15)20/h4-11,17H,3,12-13H2,1-2H3/t17-/m1/s1. The van der Waals surface area contributed by atoms with E-state index in [1.54, 1.807) is 0 Å². The monoisotopic (exact) mass is 295 g/mol. The first kappa shape index (κ1) is 14.6. The molecule has 0 saturated carbocycles. The van der Waals surface area contributed by atoms with Crippen LogP contribution in [0.5, 0.6) is 5.75 Å². The summed E-state index contributed by atoms with van der Waals surface area (Å²) in [7, 11) is 0. The molecule has 0 N–H and O–H groups in total. The first-order chi connectivity index (χ1) is 10.7. The Kier molecular flexibility index (Phi) is 4.14. The van der Waals surface area contributed by atoms with Crippen molar-refractivity contribution < 1.29 is 9.53 Å². The van der Waals surface area contributed by atoms with E-state index in [9.17, 15) is 4.79 Å². The Morgan fingerprint density at radius 1 is 1.18 bits per heavy atom. The molecule has 1 atom stereocenters. The number of rotatable bonds is 4. The van der Waals surface area contributed by atoms with E-state index in [1.165, 1.54) is 5.56 Å². The van der Waals surface area contributed by atoms with Crippen LogP contribution < -0.4 is 9.64 Å². The van der Waals surface area contributed by atoms with Gasteiger partial charge in [0.05, 0.1) is 0 Å². The summed E-state index contributed by atoms with van der Waals surface area (Å²) in [5.41, 5.74) is 3.32. The first-order valence-corrected chi connectivity index (χ1v) is 7.82. The quantitative estimate of drug-likeness (QED) is 0.860. The fraction of sp³-hybridized carbons (Fsp3) is 0.316. The molecule has 3 rings (SSSR count). The molecule has 1 amide bonds. The second-order valence-electron chi connectivity index (χ2n) is 5.65. The number of carbonyl (C=O) groups is 1. The van der Waals surface area contributed by atoms with Gasteiger partial charge in [0.15, 0.2) is 6.10 Å². The zero-order chi connectivity index (χ0) is 15.5. The number of hydrogen-bond donors (Lipinski definition) is 0. The molecular weight excluding hydrogens is 274 g/mol. The van der Waals surface area contributed by atoms with Gasteiger partial charge >= 0.3 is 0 Å². The van der Waals surface area contributed by atoms with Crippen molar-refractivity contribution in [1.29, 1.82) is 0 Å². The number of benzene rings is 2. The molecule has 3 heteroatoms. The minimum Gasteiger partial charge on any atom is -0.480 e. The van der Waals surface area contributed by atoms with Gasteiger partial charge in [-0.15, -0.1) is 0 Å². The Hall–Kier alpha value is -2.29. The van der Waals surface area contributed by atoms with E-state index in [1.807, 2.05) is 61.2 Å². The number of carbonyl (C=O) groups excluding carboxylic acids is 1. The molecule has 22 heavy (non-hydrogen) atoms. The van der Waals surface area contributed by atoms with Gasteiger partial charge in [-0.25, -0.2) is 0 Å². The Balaban J connectivity index is 1.80. The van der Waals surface area contributed by atoms with Gasteiger partial charge in [-0.2, -0.15) is 0 Å². The highest BCUT2D eigenvalue weighted by atomic mass is 16.5. The molecule has 0 aliphatic carbocycles. The summed E-state index contributed by atoms with van der Waals surface area (Å²) in [4.78, 5) is 14.7. The third-order valence-corrected chi connectivity index (χ3v) is 4.16. The number of hydrogen-bond acceptors (Lipinski definition) is 2. The third kappa shape index (κ3) is 2.71. The third-order valence-electron chi connectivity index (χ3n) is 4.16. The van der Waals surface area contributed by atoms with Gasteiger partial charge in [-0.3, -0.25) is 4.79 Å². The molecule has 114 valence electrons. The van der Waals surface area contributed by atoms with Crippen molar-refractivity contribution in [2.24, 2.45) is 0 Å². The van der Waals surface area contributed by atoms with Crippen molar-refractivity contribution in [2.75, 3.05) is 11.4 Å². The highest BCUT2D eigenvalue weighted by molar-refractivity contribution is 5.98. The van der Waals surface area contributed by atoms with Crippen LogP contribution in [-0.2, 0) is 11.2 Å². The van der Waals surface area contributed by atoms with Crippen molar-refractivity contribution in [1.82, 2.24) is 0 Å². The molecule has 3 nitrogen and oxygen atoms in total. The molecule has 0 fully saturated rings. The lowest BCUT2D eigenvalue weighted by atomic mass is 10.1. The Morgan fingerprint density at radius 2 is 1.91 bits per heavy atom. The van der Waals surface area contributed by atoms with Crippen molar-refractivity contribution in [3.63, 3.8) is 0 Å². The van der Waals surface area contributed by atoms with Crippen LogP contribution in [0.3, 0.4) is 0 Å².